The van der Waals surface area contributed by atoms with E-state index in [1.807, 2.05) is 0 Å². The smallest absolute Gasteiger partial charge is 0.401 e. The lowest BCUT2D eigenvalue weighted by Gasteiger charge is -2.31. The molecule has 1 aliphatic heterocycles. The Balaban J connectivity index is 1.44. The van der Waals surface area contributed by atoms with Crippen molar-refractivity contribution in [2.24, 2.45) is 5.92 Å². The number of ether oxygens (including phenoxy) is 1. The Morgan fingerprint density at radius 3 is 2.16 bits per heavy atom. The third-order valence-electron chi connectivity index (χ3n) is 5.17. The molecule has 1 fully saturated rings. The summed E-state index contributed by atoms with van der Waals surface area (Å²) in [6.45, 7) is -1.13. The predicted molar refractivity (Wildman–Crippen MR) is 111 cm³/mol. The lowest BCUT2D eigenvalue weighted by atomic mass is 9.97. The van der Waals surface area contributed by atoms with Gasteiger partial charge in [0.25, 0.3) is 5.91 Å². The second kappa shape index (κ2) is 10.4. The Morgan fingerprint density at radius 1 is 0.938 bits per heavy atom. The van der Waals surface area contributed by atoms with Gasteiger partial charge in [-0.25, -0.2) is 0 Å². The van der Waals surface area contributed by atoms with E-state index in [1.165, 1.54) is 17.0 Å². The summed E-state index contributed by atoms with van der Waals surface area (Å²) in [7, 11) is 0. The molecule has 170 valence electrons. The van der Waals surface area contributed by atoms with Gasteiger partial charge in [0, 0.05) is 16.8 Å². The first kappa shape index (κ1) is 23.5. The average Bonchev–Trinajstić information content (AvgIpc) is 2.77. The highest BCUT2D eigenvalue weighted by molar-refractivity contribution is 6.04. The van der Waals surface area contributed by atoms with Gasteiger partial charge < -0.3 is 10.1 Å². The molecular formula is C23H23F3N2O4. The van der Waals surface area contributed by atoms with E-state index in [1.54, 1.807) is 42.5 Å². The maximum absolute atomic E-state index is 12.4. The maximum Gasteiger partial charge on any atom is 0.401 e. The fraction of sp³-hybridized carbons (Fsp3) is 0.348. The Hall–Kier alpha value is -3.20. The average molecular weight is 448 g/mol. The lowest BCUT2D eigenvalue weighted by Crippen LogP contribution is -2.42. The van der Waals surface area contributed by atoms with Crippen LogP contribution in [0.4, 0.5) is 18.9 Å². The van der Waals surface area contributed by atoms with Crippen LogP contribution in [0, 0.1) is 5.92 Å². The third kappa shape index (κ3) is 6.91. The van der Waals surface area contributed by atoms with Crippen molar-refractivity contribution in [1.29, 1.82) is 0 Å². The molecule has 0 bridgehead atoms. The second-order valence-electron chi connectivity index (χ2n) is 7.59. The molecule has 2 aromatic rings. The number of hydrogen-bond donors (Lipinski definition) is 1. The molecule has 0 aromatic heterocycles. The summed E-state index contributed by atoms with van der Waals surface area (Å²) < 4.78 is 42.4. The lowest BCUT2D eigenvalue weighted by molar-refractivity contribution is -0.155. The highest BCUT2D eigenvalue weighted by atomic mass is 19.4. The molecule has 1 heterocycles. The number of esters is 1. The van der Waals surface area contributed by atoms with E-state index in [0.29, 0.717) is 16.8 Å². The van der Waals surface area contributed by atoms with Crippen LogP contribution in [0.3, 0.4) is 0 Å². The summed E-state index contributed by atoms with van der Waals surface area (Å²) in [4.78, 5) is 37.9. The summed E-state index contributed by atoms with van der Waals surface area (Å²) in [5.74, 6) is -1.77. The largest absolute Gasteiger partial charge is 0.457 e. The summed E-state index contributed by atoms with van der Waals surface area (Å²) in [5.41, 5.74) is 1.33. The number of halogens is 3. The van der Waals surface area contributed by atoms with E-state index in [4.69, 9.17) is 4.74 Å². The molecule has 0 atom stereocenters. The van der Waals surface area contributed by atoms with Gasteiger partial charge in [-0.1, -0.05) is 18.2 Å². The van der Waals surface area contributed by atoms with Gasteiger partial charge in [0.15, 0.2) is 12.4 Å². The minimum atomic E-state index is -4.26. The molecule has 3 rings (SSSR count). The maximum atomic E-state index is 12.4. The van der Waals surface area contributed by atoms with Crippen molar-refractivity contribution in [2.45, 2.75) is 19.0 Å². The van der Waals surface area contributed by atoms with E-state index in [2.05, 4.69) is 5.32 Å². The molecule has 9 heteroatoms. The first-order valence-electron chi connectivity index (χ1n) is 10.2. The number of hydrogen-bond acceptors (Lipinski definition) is 5. The van der Waals surface area contributed by atoms with Crippen LogP contribution < -0.4 is 5.32 Å². The van der Waals surface area contributed by atoms with Gasteiger partial charge in [-0.3, -0.25) is 19.3 Å². The normalized spacial score (nSPS) is 15.2. The van der Waals surface area contributed by atoms with Crippen molar-refractivity contribution in [2.75, 3.05) is 31.6 Å². The summed E-state index contributed by atoms with van der Waals surface area (Å²) in [6, 6.07) is 14.9. The molecule has 0 aliphatic carbocycles. The van der Waals surface area contributed by atoms with Gasteiger partial charge in [-0.2, -0.15) is 13.2 Å². The van der Waals surface area contributed by atoms with E-state index >= 15 is 0 Å². The van der Waals surface area contributed by atoms with Gasteiger partial charge in [0.1, 0.15) is 0 Å². The number of rotatable bonds is 7. The third-order valence-corrected chi connectivity index (χ3v) is 5.17. The number of Topliss-reactive ketones (excluding diaryl/α,β-unsaturated/α-hetero) is 1. The molecule has 6 nitrogen and oxygen atoms in total. The highest BCUT2D eigenvalue weighted by Gasteiger charge is 2.34. The standard InChI is InChI=1S/C23H23F3N2O4/c24-23(25,26)15-28-12-10-18(11-13-28)22(31)32-14-20(29)16-6-8-19(9-7-16)27-21(30)17-4-2-1-3-5-17/h1-9,18H,10-15H2,(H,27,30). The molecule has 0 saturated carbocycles. The molecule has 1 amide bonds. The number of nitrogens with one attached hydrogen (secondary N) is 1. The molecule has 1 N–H and O–H groups in total. The first-order chi connectivity index (χ1) is 15.2. The van der Waals surface area contributed by atoms with Crippen molar-refractivity contribution in [3.8, 4) is 0 Å². The van der Waals surface area contributed by atoms with Crippen LogP contribution in [0.1, 0.15) is 33.6 Å². The molecule has 0 radical (unpaired) electrons. The van der Waals surface area contributed by atoms with Crippen molar-refractivity contribution in [3.05, 3.63) is 65.7 Å². The molecule has 1 aliphatic rings. The van der Waals surface area contributed by atoms with E-state index in [9.17, 15) is 27.6 Å². The summed E-state index contributed by atoms with van der Waals surface area (Å²) in [5, 5.41) is 2.73. The number of benzene rings is 2. The Labute approximate surface area is 183 Å². The van der Waals surface area contributed by atoms with Gasteiger partial charge in [-0.05, 0) is 62.3 Å². The number of carbonyl (C=O) groups is 3. The minimum absolute atomic E-state index is 0.156. The van der Waals surface area contributed by atoms with Crippen molar-refractivity contribution in [1.82, 2.24) is 4.90 Å². The number of nitrogens with zero attached hydrogens (tertiary/aromatic N) is 1. The summed E-state index contributed by atoms with van der Waals surface area (Å²) in [6.07, 6.45) is -3.74. The number of likely N-dealkylation sites (tertiary alicyclic amines) is 1. The monoisotopic (exact) mass is 448 g/mol. The highest BCUT2D eigenvalue weighted by Crippen LogP contribution is 2.23. The van der Waals surface area contributed by atoms with Crippen LogP contribution in [0.15, 0.2) is 54.6 Å². The molecular weight excluding hydrogens is 425 g/mol. The molecule has 0 unspecified atom stereocenters. The van der Waals surface area contributed by atoms with Gasteiger partial charge in [0.2, 0.25) is 0 Å². The number of amides is 1. The SMILES string of the molecule is O=C(COC(=O)C1CCN(CC(F)(F)F)CC1)c1ccc(NC(=O)c2ccccc2)cc1. The number of anilines is 1. The Kier molecular flexibility index (Phi) is 7.63. The van der Waals surface area contributed by atoms with Gasteiger partial charge >= 0.3 is 12.1 Å². The number of piperidine rings is 1. The van der Waals surface area contributed by atoms with Crippen LogP contribution in [0.2, 0.25) is 0 Å². The van der Waals surface area contributed by atoms with Crippen LogP contribution in [0.5, 0.6) is 0 Å². The number of ketones is 1. The van der Waals surface area contributed by atoms with Crippen LogP contribution >= 0.6 is 0 Å². The van der Waals surface area contributed by atoms with Crippen molar-refractivity contribution < 1.29 is 32.3 Å². The van der Waals surface area contributed by atoms with Gasteiger partial charge in [-0.15, -0.1) is 0 Å². The molecule has 1 saturated heterocycles. The Bertz CT molecular complexity index is 938. The molecule has 0 spiro atoms. The van der Waals surface area contributed by atoms with Gasteiger partial charge in [0.05, 0.1) is 12.5 Å². The number of alkyl halides is 3. The predicted octanol–water partition coefficient (Wildman–Crippen LogP) is 3.94. The van der Waals surface area contributed by atoms with E-state index in [0.717, 1.165) is 0 Å². The fourth-order valence-corrected chi connectivity index (χ4v) is 3.45. The zero-order valence-electron chi connectivity index (χ0n) is 17.2. The van der Waals surface area contributed by atoms with Crippen LogP contribution in [-0.4, -0.2) is 55.0 Å². The van der Waals surface area contributed by atoms with Crippen LogP contribution in [-0.2, 0) is 9.53 Å². The zero-order valence-corrected chi connectivity index (χ0v) is 17.2. The number of carbonyl (C=O) groups excluding carboxylic acids is 3. The van der Waals surface area contributed by atoms with Crippen LogP contribution in [0.25, 0.3) is 0 Å². The first-order valence-corrected chi connectivity index (χ1v) is 10.2. The quantitative estimate of drug-likeness (QED) is 0.513. The second-order valence-corrected chi connectivity index (χ2v) is 7.59. The van der Waals surface area contributed by atoms with E-state index < -0.39 is 37.0 Å². The zero-order chi connectivity index (χ0) is 23.1. The minimum Gasteiger partial charge on any atom is -0.457 e. The summed E-state index contributed by atoms with van der Waals surface area (Å²) >= 11 is 0. The van der Waals surface area contributed by atoms with Crippen molar-refractivity contribution in [3.63, 3.8) is 0 Å². The molecule has 32 heavy (non-hydrogen) atoms. The van der Waals surface area contributed by atoms with E-state index in [-0.39, 0.29) is 31.8 Å². The Morgan fingerprint density at radius 2 is 1.56 bits per heavy atom. The van der Waals surface area contributed by atoms with Crippen molar-refractivity contribution >= 4 is 23.3 Å². The topological polar surface area (TPSA) is 75.7 Å². The fourth-order valence-electron chi connectivity index (χ4n) is 3.45. The molecule has 2 aromatic carbocycles.